The summed E-state index contributed by atoms with van der Waals surface area (Å²) < 4.78 is 2.89. The Morgan fingerprint density at radius 1 is 1.14 bits per heavy atom. The summed E-state index contributed by atoms with van der Waals surface area (Å²) in [7, 11) is 0. The largest absolute Gasteiger partial charge is 0.285 e. The summed E-state index contributed by atoms with van der Waals surface area (Å²) in [5.41, 5.74) is 0.907. The van der Waals surface area contributed by atoms with E-state index in [2.05, 4.69) is 10.1 Å². The van der Waals surface area contributed by atoms with Crippen LogP contribution >= 0.6 is 34.7 Å². The summed E-state index contributed by atoms with van der Waals surface area (Å²) >= 11 is 8.96. The Labute approximate surface area is 176 Å². The Morgan fingerprint density at radius 3 is 2.71 bits per heavy atom. The highest BCUT2D eigenvalue weighted by atomic mass is 35.5. The zero-order valence-corrected chi connectivity index (χ0v) is 17.3. The molecule has 0 aliphatic heterocycles. The van der Waals surface area contributed by atoms with E-state index in [0.717, 1.165) is 20.2 Å². The lowest BCUT2D eigenvalue weighted by Crippen LogP contribution is -2.35. The first kappa shape index (κ1) is 19.0. The molecule has 0 unspecified atom stereocenters. The van der Waals surface area contributed by atoms with Gasteiger partial charge in [-0.15, -0.1) is 11.8 Å². The van der Waals surface area contributed by atoms with E-state index in [4.69, 9.17) is 11.6 Å². The van der Waals surface area contributed by atoms with Gasteiger partial charge in [0.05, 0.1) is 22.5 Å². The number of carbonyl (C=O) groups excluding carboxylic acids is 1. The molecule has 5 nitrogen and oxygen atoms in total. The van der Waals surface area contributed by atoms with Crippen molar-refractivity contribution in [2.24, 2.45) is 0 Å². The van der Waals surface area contributed by atoms with Gasteiger partial charge in [-0.25, -0.2) is 4.98 Å². The SMILES string of the molecule is O=C(CSc1ccc(Cl)cc1)N(CCn1cccn1)c1nc2ccccc2s1. The second-order valence-corrected chi connectivity index (χ2v) is 8.52. The standard InChI is InChI=1S/C20H17ClN4OS2/c21-15-6-8-16(9-7-15)27-14-19(26)25(13-12-24-11-3-10-22-24)20-23-17-4-1-2-5-18(17)28-20/h1-11H,12-14H2. The van der Waals surface area contributed by atoms with Gasteiger partial charge in [-0.1, -0.05) is 35.1 Å². The molecule has 0 N–H and O–H groups in total. The molecule has 0 spiro atoms. The van der Waals surface area contributed by atoms with Gasteiger partial charge in [-0.3, -0.25) is 14.4 Å². The van der Waals surface area contributed by atoms with E-state index in [1.165, 1.54) is 23.1 Å². The smallest absolute Gasteiger partial charge is 0.239 e. The third-order valence-corrected chi connectivity index (χ3v) is 6.41. The first-order chi connectivity index (χ1) is 13.7. The number of carbonyl (C=O) groups is 1. The van der Waals surface area contributed by atoms with Crippen LogP contribution < -0.4 is 4.90 Å². The van der Waals surface area contributed by atoms with Gasteiger partial charge in [0.1, 0.15) is 0 Å². The molecule has 0 aliphatic carbocycles. The molecule has 0 saturated carbocycles. The quantitative estimate of drug-likeness (QED) is 0.390. The number of benzene rings is 2. The molecular formula is C20H17ClN4OS2. The normalized spacial score (nSPS) is 11.0. The molecule has 0 saturated heterocycles. The van der Waals surface area contributed by atoms with E-state index in [1.807, 2.05) is 65.5 Å². The van der Waals surface area contributed by atoms with E-state index in [0.29, 0.717) is 23.9 Å². The summed E-state index contributed by atoms with van der Waals surface area (Å²) in [6, 6.07) is 17.3. The predicted molar refractivity (Wildman–Crippen MR) is 116 cm³/mol. The number of para-hydroxylation sites is 1. The van der Waals surface area contributed by atoms with Crippen LogP contribution in [0.15, 0.2) is 71.9 Å². The van der Waals surface area contributed by atoms with Crippen molar-refractivity contribution in [3.05, 3.63) is 72.0 Å². The highest BCUT2D eigenvalue weighted by molar-refractivity contribution is 8.00. The van der Waals surface area contributed by atoms with E-state index in [1.54, 1.807) is 11.1 Å². The molecule has 0 radical (unpaired) electrons. The number of thioether (sulfide) groups is 1. The topological polar surface area (TPSA) is 51.0 Å². The van der Waals surface area contributed by atoms with E-state index in [9.17, 15) is 4.79 Å². The molecule has 4 aromatic rings. The highest BCUT2D eigenvalue weighted by Gasteiger charge is 2.20. The van der Waals surface area contributed by atoms with Gasteiger partial charge < -0.3 is 0 Å². The van der Waals surface area contributed by atoms with Gasteiger partial charge in [0.25, 0.3) is 0 Å². The van der Waals surface area contributed by atoms with E-state index >= 15 is 0 Å². The summed E-state index contributed by atoms with van der Waals surface area (Å²) in [6.07, 6.45) is 3.63. The molecular weight excluding hydrogens is 412 g/mol. The number of nitrogens with zero attached hydrogens (tertiary/aromatic N) is 4. The van der Waals surface area contributed by atoms with Crippen LogP contribution in [-0.2, 0) is 11.3 Å². The summed E-state index contributed by atoms with van der Waals surface area (Å²) in [4.78, 5) is 20.5. The van der Waals surface area contributed by atoms with Crippen LogP contribution in [-0.4, -0.2) is 33.0 Å². The number of rotatable bonds is 7. The van der Waals surface area contributed by atoms with Crippen molar-refractivity contribution >= 4 is 56.0 Å². The van der Waals surface area contributed by atoms with Gasteiger partial charge in [-0.05, 0) is 42.5 Å². The summed E-state index contributed by atoms with van der Waals surface area (Å²) in [6.45, 7) is 1.13. The summed E-state index contributed by atoms with van der Waals surface area (Å²) in [5, 5.41) is 5.63. The third-order valence-electron chi connectivity index (χ3n) is 4.10. The van der Waals surface area contributed by atoms with Gasteiger partial charge in [0.15, 0.2) is 5.13 Å². The van der Waals surface area contributed by atoms with E-state index < -0.39 is 0 Å². The molecule has 2 aromatic heterocycles. The molecule has 0 aliphatic rings. The first-order valence-electron chi connectivity index (χ1n) is 8.71. The van der Waals surface area contributed by atoms with Crippen molar-refractivity contribution in [3.63, 3.8) is 0 Å². The number of hydrogen-bond acceptors (Lipinski definition) is 5. The zero-order valence-electron chi connectivity index (χ0n) is 14.9. The maximum atomic E-state index is 13.0. The number of thiazole rings is 1. The van der Waals surface area contributed by atoms with Gasteiger partial charge in [0.2, 0.25) is 5.91 Å². The molecule has 2 heterocycles. The predicted octanol–water partition coefficient (Wildman–Crippen LogP) is 4.97. The third kappa shape index (κ3) is 4.55. The van der Waals surface area contributed by atoms with E-state index in [-0.39, 0.29) is 5.91 Å². The van der Waals surface area contributed by atoms with Crippen LogP contribution in [0.25, 0.3) is 10.2 Å². The van der Waals surface area contributed by atoms with Crippen molar-refractivity contribution in [3.8, 4) is 0 Å². The molecule has 0 atom stereocenters. The number of aromatic nitrogens is 3. The van der Waals surface area contributed by atoms with Gasteiger partial charge in [-0.2, -0.15) is 5.10 Å². The lowest BCUT2D eigenvalue weighted by molar-refractivity contribution is -0.116. The fourth-order valence-electron chi connectivity index (χ4n) is 2.69. The van der Waals surface area contributed by atoms with Crippen LogP contribution in [0, 0.1) is 0 Å². The average molecular weight is 429 g/mol. The number of halogens is 1. The van der Waals surface area contributed by atoms with Crippen molar-refractivity contribution in [1.82, 2.24) is 14.8 Å². The molecule has 0 bridgehead atoms. The second-order valence-electron chi connectivity index (χ2n) is 6.02. The lowest BCUT2D eigenvalue weighted by atomic mass is 10.3. The minimum Gasteiger partial charge on any atom is -0.285 e. The fraction of sp³-hybridized carbons (Fsp3) is 0.150. The maximum Gasteiger partial charge on any atom is 0.239 e. The van der Waals surface area contributed by atoms with Crippen molar-refractivity contribution in [2.45, 2.75) is 11.4 Å². The Kier molecular flexibility index (Phi) is 5.95. The molecule has 142 valence electrons. The van der Waals surface area contributed by atoms with Crippen LogP contribution in [0.4, 0.5) is 5.13 Å². The minimum atomic E-state index is 0.0196. The minimum absolute atomic E-state index is 0.0196. The highest BCUT2D eigenvalue weighted by Crippen LogP contribution is 2.29. The van der Waals surface area contributed by atoms with Crippen molar-refractivity contribution in [2.75, 3.05) is 17.2 Å². The molecule has 1 amide bonds. The number of anilines is 1. The monoisotopic (exact) mass is 428 g/mol. The lowest BCUT2D eigenvalue weighted by Gasteiger charge is -2.19. The van der Waals surface area contributed by atoms with Gasteiger partial charge in [0, 0.05) is 28.9 Å². The molecule has 0 fully saturated rings. The van der Waals surface area contributed by atoms with Crippen molar-refractivity contribution < 1.29 is 4.79 Å². The maximum absolute atomic E-state index is 13.0. The number of hydrogen-bond donors (Lipinski definition) is 0. The molecule has 8 heteroatoms. The second kappa shape index (κ2) is 8.77. The van der Waals surface area contributed by atoms with Gasteiger partial charge >= 0.3 is 0 Å². The summed E-state index contributed by atoms with van der Waals surface area (Å²) in [5.74, 6) is 0.350. The number of fused-ring (bicyclic) bond motifs is 1. The van der Waals surface area contributed by atoms with Crippen LogP contribution in [0.1, 0.15) is 0 Å². The Morgan fingerprint density at radius 2 is 1.96 bits per heavy atom. The Hall–Kier alpha value is -2.35. The zero-order chi connectivity index (χ0) is 19.3. The first-order valence-corrected chi connectivity index (χ1v) is 10.9. The average Bonchev–Trinajstić information content (AvgIpc) is 3.37. The molecule has 4 rings (SSSR count). The van der Waals surface area contributed by atoms with Crippen LogP contribution in [0.3, 0.4) is 0 Å². The van der Waals surface area contributed by atoms with Crippen molar-refractivity contribution in [1.29, 1.82) is 0 Å². The molecule has 28 heavy (non-hydrogen) atoms. The van der Waals surface area contributed by atoms with Crippen LogP contribution in [0.5, 0.6) is 0 Å². The fourth-order valence-corrected chi connectivity index (χ4v) is 4.60. The Bertz CT molecular complexity index is 1030. The molecule has 2 aromatic carbocycles. The number of amides is 1. The Balaban J connectivity index is 1.52. The van der Waals surface area contributed by atoms with Crippen LogP contribution in [0.2, 0.25) is 5.02 Å².